The topological polar surface area (TPSA) is 81.1 Å². The Hall–Kier alpha value is -2.22. The van der Waals surface area contributed by atoms with E-state index in [9.17, 15) is 22.4 Å². The maximum Gasteiger partial charge on any atom is 0.391 e. The van der Waals surface area contributed by atoms with Crippen molar-refractivity contribution in [3.05, 3.63) is 52.1 Å². The van der Waals surface area contributed by atoms with Crippen molar-refractivity contribution >= 4 is 23.1 Å². The molecular weight excluding hydrogens is 374 g/mol. The van der Waals surface area contributed by atoms with Crippen LogP contribution in [0.4, 0.5) is 17.6 Å². The lowest BCUT2D eigenvalue weighted by atomic mass is 10.1. The predicted molar refractivity (Wildman–Crippen MR) is 93.3 cm³/mol. The maximum atomic E-state index is 13.8. The molecule has 0 aliphatic heterocycles. The third-order valence-electron chi connectivity index (χ3n) is 3.66. The number of allylic oxidation sites excluding steroid dienone is 2. The molecule has 0 aliphatic carbocycles. The number of rotatable bonds is 7. The van der Waals surface area contributed by atoms with E-state index >= 15 is 0 Å². The van der Waals surface area contributed by atoms with Crippen LogP contribution >= 0.6 is 11.6 Å². The van der Waals surface area contributed by atoms with Crippen LogP contribution in [0.25, 0.3) is 5.70 Å². The Labute approximate surface area is 153 Å². The van der Waals surface area contributed by atoms with Gasteiger partial charge in [-0.25, -0.2) is 4.39 Å². The van der Waals surface area contributed by atoms with E-state index < -0.39 is 23.7 Å². The normalized spacial score (nSPS) is 14.7. The number of benzene rings is 1. The summed E-state index contributed by atoms with van der Waals surface area (Å²) in [5, 5.41) is 2.81. The second-order valence-electron chi connectivity index (χ2n) is 5.77. The largest absolute Gasteiger partial charge is 0.398 e. The Kier molecular flexibility index (Phi) is 7.50. The lowest BCUT2D eigenvalue weighted by Crippen LogP contribution is -2.29. The number of hydrogen-bond acceptors (Lipinski definition) is 4. The van der Waals surface area contributed by atoms with Crippen LogP contribution in [0.15, 0.2) is 35.7 Å². The molecule has 1 atom stereocenters. The summed E-state index contributed by atoms with van der Waals surface area (Å²) in [6.07, 6.45) is -3.37. The number of alkyl halides is 3. The number of carbonyl (C=O) groups excluding carboxylic acids is 1. The van der Waals surface area contributed by atoms with E-state index in [1.54, 1.807) is 0 Å². The van der Waals surface area contributed by atoms with E-state index in [4.69, 9.17) is 23.1 Å². The summed E-state index contributed by atoms with van der Waals surface area (Å²) in [5.74, 6) is -2.79. The van der Waals surface area contributed by atoms with Crippen molar-refractivity contribution < 1.29 is 22.4 Å². The highest BCUT2D eigenvalue weighted by Gasteiger charge is 2.35. The van der Waals surface area contributed by atoms with Gasteiger partial charge in [-0.2, -0.15) is 13.2 Å². The second-order valence-corrected chi connectivity index (χ2v) is 6.20. The SMILES string of the molecule is CC(=O)C(/C=C(\N)c1cc(Cl)ccc1F)=C(/N)NCCC(C)C(F)(F)F. The van der Waals surface area contributed by atoms with Crippen LogP contribution in [0, 0.1) is 11.7 Å². The minimum atomic E-state index is -4.31. The summed E-state index contributed by atoms with van der Waals surface area (Å²) >= 11 is 5.80. The smallest absolute Gasteiger partial charge is 0.391 e. The van der Waals surface area contributed by atoms with Crippen LogP contribution in [0.5, 0.6) is 0 Å². The van der Waals surface area contributed by atoms with Gasteiger partial charge < -0.3 is 16.8 Å². The molecule has 0 saturated heterocycles. The van der Waals surface area contributed by atoms with Gasteiger partial charge in [0.25, 0.3) is 0 Å². The third kappa shape index (κ3) is 6.25. The van der Waals surface area contributed by atoms with Crippen molar-refractivity contribution in [1.29, 1.82) is 0 Å². The summed E-state index contributed by atoms with van der Waals surface area (Å²) in [7, 11) is 0. The summed E-state index contributed by atoms with van der Waals surface area (Å²) < 4.78 is 51.3. The molecule has 1 aromatic carbocycles. The van der Waals surface area contributed by atoms with Crippen molar-refractivity contribution in [3.63, 3.8) is 0 Å². The molecule has 0 bridgehead atoms. The van der Waals surface area contributed by atoms with Crippen LogP contribution in [0.3, 0.4) is 0 Å². The molecule has 0 aromatic heterocycles. The van der Waals surface area contributed by atoms with Crippen LogP contribution in [-0.4, -0.2) is 18.5 Å². The van der Waals surface area contributed by atoms with Gasteiger partial charge >= 0.3 is 6.18 Å². The zero-order chi connectivity index (χ0) is 20.1. The Morgan fingerprint density at radius 2 is 1.96 bits per heavy atom. The summed E-state index contributed by atoms with van der Waals surface area (Å²) in [5.41, 5.74) is 11.4. The fourth-order valence-electron chi connectivity index (χ4n) is 2.00. The number of Topliss-reactive ketones (excluding diaryl/α,β-unsaturated/α-hetero) is 1. The first kappa shape index (κ1) is 21.8. The average molecular weight is 394 g/mol. The number of carbonyl (C=O) groups is 1. The summed E-state index contributed by atoms with van der Waals surface area (Å²) in [4.78, 5) is 11.8. The predicted octanol–water partition coefficient (Wildman–Crippen LogP) is 3.72. The fourth-order valence-corrected chi connectivity index (χ4v) is 2.18. The molecule has 26 heavy (non-hydrogen) atoms. The number of nitrogens with one attached hydrogen (secondary N) is 1. The van der Waals surface area contributed by atoms with Crippen LogP contribution in [-0.2, 0) is 4.79 Å². The molecule has 9 heteroatoms. The van der Waals surface area contributed by atoms with Crippen molar-refractivity contribution in [3.8, 4) is 0 Å². The first-order chi connectivity index (χ1) is 11.9. The van der Waals surface area contributed by atoms with Crippen LogP contribution in [0.2, 0.25) is 5.02 Å². The van der Waals surface area contributed by atoms with Gasteiger partial charge in [0, 0.05) is 22.8 Å². The summed E-state index contributed by atoms with van der Waals surface area (Å²) in [6.45, 7) is 2.16. The van der Waals surface area contributed by atoms with E-state index in [2.05, 4.69) is 5.32 Å². The number of ketones is 1. The van der Waals surface area contributed by atoms with Crippen molar-refractivity contribution in [2.24, 2.45) is 17.4 Å². The van der Waals surface area contributed by atoms with Crippen molar-refractivity contribution in [2.45, 2.75) is 26.4 Å². The molecule has 4 nitrogen and oxygen atoms in total. The highest BCUT2D eigenvalue weighted by molar-refractivity contribution is 6.30. The molecule has 1 unspecified atom stereocenters. The minimum Gasteiger partial charge on any atom is -0.398 e. The number of halogens is 5. The highest BCUT2D eigenvalue weighted by atomic mass is 35.5. The number of hydrogen-bond donors (Lipinski definition) is 3. The maximum absolute atomic E-state index is 13.8. The molecule has 1 aromatic rings. The fraction of sp³-hybridized carbons (Fsp3) is 0.353. The molecule has 144 valence electrons. The molecule has 0 fully saturated rings. The lowest BCUT2D eigenvalue weighted by Gasteiger charge is -2.16. The Balaban J connectivity index is 3.01. The van der Waals surface area contributed by atoms with Gasteiger partial charge in [-0.15, -0.1) is 0 Å². The second kappa shape index (κ2) is 8.93. The van der Waals surface area contributed by atoms with E-state index in [1.165, 1.54) is 19.1 Å². The third-order valence-corrected chi connectivity index (χ3v) is 3.90. The van der Waals surface area contributed by atoms with Gasteiger partial charge in [0.05, 0.1) is 11.5 Å². The molecule has 0 amide bonds. The van der Waals surface area contributed by atoms with Gasteiger partial charge in [-0.3, -0.25) is 4.79 Å². The van der Waals surface area contributed by atoms with Gasteiger partial charge in [0.1, 0.15) is 11.6 Å². The number of nitrogens with two attached hydrogens (primary N) is 2. The molecule has 0 radical (unpaired) electrons. The molecule has 0 heterocycles. The highest BCUT2D eigenvalue weighted by Crippen LogP contribution is 2.27. The Morgan fingerprint density at radius 1 is 1.35 bits per heavy atom. The van der Waals surface area contributed by atoms with Gasteiger partial charge in [0.15, 0.2) is 5.78 Å². The van der Waals surface area contributed by atoms with E-state index in [0.29, 0.717) is 0 Å². The van der Waals surface area contributed by atoms with E-state index in [0.717, 1.165) is 19.1 Å². The Bertz CT molecular complexity index is 729. The molecule has 1 rings (SSSR count). The van der Waals surface area contributed by atoms with Crippen molar-refractivity contribution in [2.75, 3.05) is 6.54 Å². The first-order valence-electron chi connectivity index (χ1n) is 7.67. The average Bonchev–Trinajstić information content (AvgIpc) is 2.53. The molecular formula is C17H20ClF4N3O. The first-order valence-corrected chi connectivity index (χ1v) is 8.05. The summed E-state index contributed by atoms with van der Waals surface area (Å²) in [6, 6.07) is 3.75. The monoisotopic (exact) mass is 393 g/mol. The van der Waals surface area contributed by atoms with Gasteiger partial charge in [0.2, 0.25) is 0 Å². The van der Waals surface area contributed by atoms with Crippen molar-refractivity contribution in [1.82, 2.24) is 5.32 Å². The standard InChI is InChI=1S/C17H20ClF4N3O/c1-9(17(20,21)22)5-6-25-16(24)12(10(2)26)8-15(23)13-7-11(18)3-4-14(13)19/h3-4,7-9,25H,5-6,23-24H2,1-2H3/b15-8-,16-12-. The van der Waals surface area contributed by atoms with Crippen LogP contribution in [0.1, 0.15) is 25.8 Å². The quantitative estimate of drug-likeness (QED) is 0.374. The Morgan fingerprint density at radius 3 is 2.50 bits per heavy atom. The molecule has 0 aliphatic rings. The zero-order valence-corrected chi connectivity index (χ0v) is 15.0. The molecule has 0 saturated carbocycles. The molecule has 5 N–H and O–H groups in total. The van der Waals surface area contributed by atoms with E-state index in [-0.39, 0.29) is 40.6 Å². The molecule has 0 spiro atoms. The lowest BCUT2D eigenvalue weighted by molar-refractivity contribution is -0.170. The van der Waals surface area contributed by atoms with Crippen LogP contribution < -0.4 is 16.8 Å². The minimum absolute atomic E-state index is 0.0188. The van der Waals surface area contributed by atoms with E-state index in [1.807, 2.05) is 0 Å². The zero-order valence-electron chi connectivity index (χ0n) is 14.3. The van der Waals surface area contributed by atoms with Gasteiger partial charge in [-0.1, -0.05) is 18.5 Å². The van der Waals surface area contributed by atoms with Gasteiger partial charge in [-0.05, 0) is 37.6 Å².